The average Bonchev–Trinajstić information content (AvgIpc) is 3.16. The Morgan fingerprint density at radius 3 is 2.90 bits per heavy atom. The lowest BCUT2D eigenvalue weighted by Gasteiger charge is -2.17. The highest BCUT2D eigenvalue weighted by Gasteiger charge is 2.27. The predicted octanol–water partition coefficient (Wildman–Crippen LogP) is 1.24. The molecule has 1 aliphatic rings. The van der Waals surface area contributed by atoms with Gasteiger partial charge in [0.25, 0.3) is 0 Å². The summed E-state index contributed by atoms with van der Waals surface area (Å²) in [6.07, 6.45) is 5.32. The Kier molecular flexibility index (Phi) is 4.05. The molecule has 1 N–H and O–H groups in total. The molecule has 0 saturated carbocycles. The molecule has 3 rings (SSSR count). The number of hydrogen-bond donors (Lipinski definition) is 1. The molecule has 2 aromatic heterocycles. The fourth-order valence-corrected chi connectivity index (χ4v) is 2.19. The Hall–Kier alpha value is -1.76. The zero-order valence-electron chi connectivity index (χ0n) is 11.3. The van der Waals surface area contributed by atoms with Crippen molar-refractivity contribution in [2.45, 2.75) is 18.7 Å². The number of furan rings is 1. The van der Waals surface area contributed by atoms with E-state index in [0.29, 0.717) is 31.3 Å². The van der Waals surface area contributed by atoms with Gasteiger partial charge >= 0.3 is 0 Å². The molecule has 0 aliphatic carbocycles. The molecule has 0 spiro atoms. The molecule has 0 amide bonds. The van der Waals surface area contributed by atoms with Gasteiger partial charge < -0.3 is 19.2 Å². The van der Waals surface area contributed by atoms with Crippen LogP contribution in [0.5, 0.6) is 0 Å². The molecule has 1 aliphatic heterocycles. The van der Waals surface area contributed by atoms with E-state index >= 15 is 0 Å². The largest absolute Gasteiger partial charge is 0.461 e. The van der Waals surface area contributed by atoms with Crippen molar-refractivity contribution in [3.8, 4) is 11.6 Å². The number of nitrogens with zero attached hydrogens (tertiary/aromatic N) is 2. The van der Waals surface area contributed by atoms with Gasteiger partial charge in [-0.1, -0.05) is 0 Å². The van der Waals surface area contributed by atoms with Gasteiger partial charge in [-0.05, 0) is 12.1 Å². The SMILES string of the molecule is CO[C@H]1COC[C@@H]1NCc1cnc(-c2ccco2)nc1. The third-order valence-corrected chi connectivity index (χ3v) is 3.35. The number of nitrogens with one attached hydrogen (secondary N) is 1. The summed E-state index contributed by atoms with van der Waals surface area (Å²) in [6.45, 7) is 2.00. The van der Waals surface area contributed by atoms with Gasteiger partial charge in [0.05, 0.1) is 31.6 Å². The summed E-state index contributed by atoms with van der Waals surface area (Å²) in [6, 6.07) is 3.87. The average molecular weight is 275 g/mol. The Balaban J connectivity index is 1.58. The van der Waals surface area contributed by atoms with E-state index in [9.17, 15) is 0 Å². The Morgan fingerprint density at radius 1 is 1.35 bits per heavy atom. The molecule has 2 atom stereocenters. The standard InChI is InChI=1S/C14H17N3O3/c1-18-13-9-19-8-11(13)15-5-10-6-16-14(17-7-10)12-3-2-4-20-12/h2-4,6-7,11,13,15H,5,8-9H2,1H3/t11-,13-/m0/s1. The van der Waals surface area contributed by atoms with Gasteiger partial charge in [0.2, 0.25) is 0 Å². The molecule has 0 aromatic carbocycles. The zero-order valence-corrected chi connectivity index (χ0v) is 11.3. The third kappa shape index (κ3) is 2.87. The van der Waals surface area contributed by atoms with E-state index in [1.165, 1.54) is 0 Å². The molecule has 6 heteroatoms. The van der Waals surface area contributed by atoms with Crippen molar-refractivity contribution in [3.63, 3.8) is 0 Å². The van der Waals surface area contributed by atoms with Crippen LogP contribution in [-0.2, 0) is 16.0 Å². The summed E-state index contributed by atoms with van der Waals surface area (Å²) < 4.78 is 16.0. The van der Waals surface area contributed by atoms with E-state index in [-0.39, 0.29) is 12.1 Å². The summed E-state index contributed by atoms with van der Waals surface area (Å²) in [4.78, 5) is 8.60. The second-order valence-electron chi connectivity index (χ2n) is 4.69. The monoisotopic (exact) mass is 275 g/mol. The van der Waals surface area contributed by atoms with E-state index in [4.69, 9.17) is 13.9 Å². The van der Waals surface area contributed by atoms with Crippen molar-refractivity contribution in [2.24, 2.45) is 0 Å². The van der Waals surface area contributed by atoms with E-state index in [2.05, 4.69) is 15.3 Å². The lowest BCUT2D eigenvalue weighted by molar-refractivity contribution is 0.0732. The van der Waals surface area contributed by atoms with Crippen LogP contribution in [0.4, 0.5) is 0 Å². The van der Waals surface area contributed by atoms with Gasteiger partial charge in [-0.15, -0.1) is 0 Å². The molecular weight excluding hydrogens is 258 g/mol. The van der Waals surface area contributed by atoms with Crippen molar-refractivity contribution in [3.05, 3.63) is 36.4 Å². The molecule has 0 unspecified atom stereocenters. The lowest BCUT2D eigenvalue weighted by Crippen LogP contribution is -2.39. The van der Waals surface area contributed by atoms with E-state index < -0.39 is 0 Å². The first-order valence-electron chi connectivity index (χ1n) is 6.55. The Labute approximate surface area is 117 Å². The molecule has 3 heterocycles. The van der Waals surface area contributed by atoms with Gasteiger partial charge in [0.1, 0.15) is 0 Å². The molecule has 106 valence electrons. The fourth-order valence-electron chi connectivity index (χ4n) is 2.19. The van der Waals surface area contributed by atoms with Crippen molar-refractivity contribution >= 4 is 0 Å². The van der Waals surface area contributed by atoms with Gasteiger partial charge in [-0.3, -0.25) is 0 Å². The summed E-state index contributed by atoms with van der Waals surface area (Å²) in [5.41, 5.74) is 1.02. The normalized spacial score (nSPS) is 22.2. The molecule has 1 fully saturated rings. The number of hydrogen-bond acceptors (Lipinski definition) is 6. The van der Waals surface area contributed by atoms with Crippen LogP contribution >= 0.6 is 0 Å². The van der Waals surface area contributed by atoms with E-state index in [1.807, 2.05) is 12.1 Å². The van der Waals surface area contributed by atoms with Crippen molar-refractivity contribution < 1.29 is 13.9 Å². The van der Waals surface area contributed by atoms with Crippen LogP contribution in [0, 0.1) is 0 Å². The molecule has 2 aromatic rings. The first kappa shape index (κ1) is 13.2. The molecule has 20 heavy (non-hydrogen) atoms. The van der Waals surface area contributed by atoms with Crippen molar-refractivity contribution in [1.29, 1.82) is 0 Å². The second-order valence-corrected chi connectivity index (χ2v) is 4.69. The van der Waals surface area contributed by atoms with Gasteiger partial charge in [-0.2, -0.15) is 0 Å². The highest BCUT2D eigenvalue weighted by molar-refractivity contribution is 5.45. The Morgan fingerprint density at radius 2 is 2.20 bits per heavy atom. The zero-order chi connectivity index (χ0) is 13.8. The van der Waals surface area contributed by atoms with Gasteiger partial charge in [0.15, 0.2) is 11.6 Å². The van der Waals surface area contributed by atoms with Crippen molar-refractivity contribution in [2.75, 3.05) is 20.3 Å². The van der Waals surface area contributed by atoms with Crippen LogP contribution in [0.15, 0.2) is 35.2 Å². The van der Waals surface area contributed by atoms with Gasteiger partial charge in [-0.25, -0.2) is 9.97 Å². The number of aromatic nitrogens is 2. The maximum atomic E-state index is 5.39. The minimum atomic E-state index is 0.110. The predicted molar refractivity (Wildman–Crippen MR) is 72.0 cm³/mol. The summed E-state index contributed by atoms with van der Waals surface area (Å²) in [5.74, 6) is 1.27. The quantitative estimate of drug-likeness (QED) is 0.885. The van der Waals surface area contributed by atoms with Crippen molar-refractivity contribution in [1.82, 2.24) is 15.3 Å². The highest BCUT2D eigenvalue weighted by Crippen LogP contribution is 2.14. The summed E-state index contributed by atoms with van der Waals surface area (Å²) >= 11 is 0. The molecule has 6 nitrogen and oxygen atoms in total. The van der Waals surface area contributed by atoms with Gasteiger partial charge in [0, 0.05) is 31.6 Å². The smallest absolute Gasteiger partial charge is 0.195 e. The van der Waals surface area contributed by atoms with Crippen LogP contribution < -0.4 is 5.32 Å². The molecule has 1 saturated heterocycles. The van der Waals surface area contributed by atoms with Crippen LogP contribution in [0.25, 0.3) is 11.6 Å². The lowest BCUT2D eigenvalue weighted by atomic mass is 10.2. The number of methoxy groups -OCH3 is 1. The minimum Gasteiger partial charge on any atom is -0.461 e. The second kappa shape index (κ2) is 6.13. The van der Waals surface area contributed by atoms with Crippen LogP contribution in [0.1, 0.15) is 5.56 Å². The van der Waals surface area contributed by atoms with Crippen LogP contribution in [-0.4, -0.2) is 42.4 Å². The minimum absolute atomic E-state index is 0.110. The van der Waals surface area contributed by atoms with Crippen LogP contribution in [0.3, 0.4) is 0 Å². The first-order valence-corrected chi connectivity index (χ1v) is 6.55. The fraction of sp³-hybridized carbons (Fsp3) is 0.429. The van der Waals surface area contributed by atoms with E-state index in [0.717, 1.165) is 5.56 Å². The highest BCUT2D eigenvalue weighted by atomic mass is 16.5. The molecular formula is C14H17N3O3. The summed E-state index contributed by atoms with van der Waals surface area (Å²) in [5, 5.41) is 3.40. The topological polar surface area (TPSA) is 69.4 Å². The third-order valence-electron chi connectivity index (χ3n) is 3.35. The van der Waals surface area contributed by atoms with Crippen LogP contribution in [0.2, 0.25) is 0 Å². The maximum Gasteiger partial charge on any atom is 0.195 e. The summed E-state index contributed by atoms with van der Waals surface area (Å²) in [7, 11) is 1.70. The van der Waals surface area contributed by atoms with E-state index in [1.54, 1.807) is 25.8 Å². The molecule has 0 radical (unpaired) electrons. The number of ether oxygens (including phenoxy) is 2. The first-order chi connectivity index (χ1) is 9.86. The number of rotatable bonds is 5. The maximum absolute atomic E-state index is 5.39. The Bertz CT molecular complexity index is 527. The molecule has 0 bridgehead atoms.